The van der Waals surface area contributed by atoms with Gasteiger partial charge in [0, 0.05) is 34.5 Å². The number of nitrogens with zero attached hydrogens (tertiary/aromatic N) is 2. The maximum atomic E-state index is 15.7. The van der Waals surface area contributed by atoms with Gasteiger partial charge in [0.25, 0.3) is 5.91 Å². The Hall–Kier alpha value is -3.21. The summed E-state index contributed by atoms with van der Waals surface area (Å²) in [5.41, 5.74) is -1.71. The molecular weight excluding hydrogens is 543 g/mol. The van der Waals surface area contributed by atoms with Gasteiger partial charge in [0.2, 0.25) is 0 Å². The van der Waals surface area contributed by atoms with Crippen molar-refractivity contribution < 1.29 is 18.4 Å². The minimum Gasteiger partial charge on any atom is -0.318 e. The Morgan fingerprint density at radius 1 is 1.15 bits per heavy atom. The number of benzene rings is 2. The molecule has 0 aromatic heterocycles. The van der Waals surface area contributed by atoms with E-state index in [1.807, 2.05) is 20.8 Å². The van der Waals surface area contributed by atoms with Crippen molar-refractivity contribution in [3.05, 3.63) is 93.5 Å². The molecule has 2 aromatic carbocycles. The number of hydrogen-bond donors (Lipinski definition) is 1. The molecule has 1 heterocycles. The van der Waals surface area contributed by atoms with Crippen LogP contribution in [-0.4, -0.2) is 29.4 Å². The number of imide groups is 1. The Balaban J connectivity index is 1.89. The number of nitrogens with one attached hydrogen (secondary N) is 1. The number of halogens is 4. The molecule has 2 aliphatic rings. The average molecular weight is 572 g/mol. The molecule has 1 aliphatic carbocycles. The van der Waals surface area contributed by atoms with E-state index in [9.17, 15) is 14.9 Å². The fourth-order valence-electron chi connectivity index (χ4n) is 5.89. The van der Waals surface area contributed by atoms with Crippen molar-refractivity contribution >= 4 is 35.1 Å². The molecule has 4 atom stereocenters. The summed E-state index contributed by atoms with van der Waals surface area (Å²) in [5.74, 6) is -3.70. The van der Waals surface area contributed by atoms with Crippen LogP contribution in [0.15, 0.2) is 71.5 Å². The molecular formula is C30H29Cl2F2N3O2. The molecule has 9 heteroatoms. The second-order valence-corrected chi connectivity index (χ2v) is 12.1. The van der Waals surface area contributed by atoms with E-state index >= 15 is 8.78 Å². The molecule has 0 saturated carbocycles. The van der Waals surface area contributed by atoms with Crippen molar-refractivity contribution in [1.29, 1.82) is 5.26 Å². The monoisotopic (exact) mass is 571 g/mol. The number of nitriles is 1. The minimum absolute atomic E-state index is 0.00339. The molecule has 204 valence electrons. The lowest BCUT2D eigenvalue weighted by Crippen LogP contribution is -2.54. The second-order valence-electron chi connectivity index (χ2n) is 11.2. The molecule has 1 saturated heterocycles. The fourth-order valence-corrected chi connectivity index (χ4v) is 6.28. The Morgan fingerprint density at radius 2 is 1.85 bits per heavy atom. The van der Waals surface area contributed by atoms with Gasteiger partial charge < -0.3 is 4.90 Å². The summed E-state index contributed by atoms with van der Waals surface area (Å²) in [5, 5.41) is 13.3. The van der Waals surface area contributed by atoms with Gasteiger partial charge in [0.05, 0.1) is 17.1 Å². The van der Waals surface area contributed by atoms with Crippen LogP contribution in [0, 0.1) is 34.4 Å². The maximum Gasteiger partial charge on any atom is 0.324 e. The highest BCUT2D eigenvalue weighted by atomic mass is 35.5. The van der Waals surface area contributed by atoms with Gasteiger partial charge in [-0.15, -0.1) is 0 Å². The van der Waals surface area contributed by atoms with Gasteiger partial charge >= 0.3 is 6.03 Å². The van der Waals surface area contributed by atoms with E-state index in [-0.39, 0.29) is 39.6 Å². The van der Waals surface area contributed by atoms with E-state index in [0.29, 0.717) is 6.42 Å². The lowest BCUT2D eigenvalue weighted by molar-refractivity contribution is 0.0941. The first kappa shape index (κ1) is 28.8. The van der Waals surface area contributed by atoms with Crippen LogP contribution in [0.5, 0.6) is 0 Å². The van der Waals surface area contributed by atoms with Crippen LogP contribution in [-0.2, 0) is 5.41 Å². The van der Waals surface area contributed by atoms with E-state index in [1.165, 1.54) is 23.1 Å². The molecule has 1 aliphatic heterocycles. The molecule has 0 radical (unpaired) electrons. The number of likely N-dealkylation sites (tertiary alicyclic amines) is 1. The number of carbonyl (C=O) groups excluding carboxylic acids is 2. The Kier molecular flexibility index (Phi) is 8.20. The van der Waals surface area contributed by atoms with Crippen LogP contribution in [0.1, 0.15) is 49.5 Å². The third-order valence-electron chi connectivity index (χ3n) is 7.39. The van der Waals surface area contributed by atoms with Gasteiger partial charge in [-0.25, -0.2) is 13.6 Å². The molecule has 1 fully saturated rings. The number of allylic oxidation sites excluding steroid dienone is 3. The third-order valence-corrected chi connectivity index (χ3v) is 7.93. The molecule has 2 aromatic rings. The number of hydrogen-bond acceptors (Lipinski definition) is 3. The Bertz CT molecular complexity index is 1380. The zero-order chi connectivity index (χ0) is 28.5. The lowest BCUT2D eigenvalue weighted by Gasteiger charge is -2.41. The molecule has 0 spiro atoms. The summed E-state index contributed by atoms with van der Waals surface area (Å²) in [6.45, 7) is 5.93. The van der Waals surface area contributed by atoms with Gasteiger partial charge in [-0.3, -0.25) is 10.1 Å². The van der Waals surface area contributed by atoms with Crippen LogP contribution in [0.3, 0.4) is 0 Å². The first-order valence-electron chi connectivity index (χ1n) is 12.6. The van der Waals surface area contributed by atoms with Crippen LogP contribution in [0.4, 0.5) is 13.6 Å². The Labute approximate surface area is 237 Å². The van der Waals surface area contributed by atoms with Crippen molar-refractivity contribution in [2.45, 2.75) is 45.1 Å². The van der Waals surface area contributed by atoms with Crippen LogP contribution < -0.4 is 5.32 Å². The molecule has 0 bridgehead atoms. The van der Waals surface area contributed by atoms with Crippen LogP contribution in [0.25, 0.3) is 0 Å². The molecule has 39 heavy (non-hydrogen) atoms. The van der Waals surface area contributed by atoms with E-state index in [0.717, 1.165) is 6.07 Å². The third kappa shape index (κ3) is 5.59. The zero-order valence-electron chi connectivity index (χ0n) is 21.8. The first-order valence-corrected chi connectivity index (χ1v) is 13.4. The van der Waals surface area contributed by atoms with Crippen molar-refractivity contribution in [2.75, 3.05) is 6.54 Å². The van der Waals surface area contributed by atoms with E-state index in [1.54, 1.807) is 36.4 Å². The first-order chi connectivity index (χ1) is 18.4. The molecule has 5 nitrogen and oxygen atoms in total. The van der Waals surface area contributed by atoms with E-state index in [2.05, 4.69) is 11.4 Å². The van der Waals surface area contributed by atoms with Gasteiger partial charge in [-0.2, -0.15) is 5.26 Å². The molecule has 3 amide bonds. The molecule has 1 unspecified atom stereocenters. The predicted octanol–water partition coefficient (Wildman–Crippen LogP) is 7.52. The van der Waals surface area contributed by atoms with Crippen molar-refractivity contribution in [1.82, 2.24) is 10.2 Å². The number of amides is 3. The van der Waals surface area contributed by atoms with E-state index in [4.69, 9.17) is 23.2 Å². The summed E-state index contributed by atoms with van der Waals surface area (Å²) >= 11 is 12.2. The number of rotatable bonds is 4. The highest BCUT2D eigenvalue weighted by molar-refractivity contribution is 6.31. The molecule has 1 N–H and O–H groups in total. The second kappa shape index (κ2) is 11.1. The zero-order valence-corrected chi connectivity index (χ0v) is 23.4. The van der Waals surface area contributed by atoms with Crippen molar-refractivity contribution in [3.63, 3.8) is 0 Å². The lowest BCUT2D eigenvalue weighted by atomic mass is 9.62. The summed E-state index contributed by atoms with van der Waals surface area (Å²) in [7, 11) is 0. The van der Waals surface area contributed by atoms with Gasteiger partial charge in [-0.05, 0) is 48.6 Å². The van der Waals surface area contributed by atoms with Gasteiger partial charge in [0.15, 0.2) is 0 Å². The normalized spacial score (nSPS) is 25.0. The SMILES string of the molecule is CC(C)(C)C[C@@H]1CN(C(=O)NC(=O)c2ccccc2)[C@H](C2CC=CC(Cl)=C2F)[C@@]1(C#N)c1ccc(Cl)cc1F. The summed E-state index contributed by atoms with van der Waals surface area (Å²) < 4.78 is 31.4. The van der Waals surface area contributed by atoms with Crippen LogP contribution in [0.2, 0.25) is 5.02 Å². The molecule has 4 rings (SSSR count). The average Bonchev–Trinajstić information content (AvgIpc) is 3.19. The number of urea groups is 1. The highest BCUT2D eigenvalue weighted by Gasteiger charge is 2.61. The summed E-state index contributed by atoms with van der Waals surface area (Å²) in [6.07, 6.45) is 3.63. The van der Waals surface area contributed by atoms with Crippen molar-refractivity contribution in [3.8, 4) is 6.07 Å². The summed E-state index contributed by atoms with van der Waals surface area (Å²) in [4.78, 5) is 27.9. The fraction of sp³-hybridized carbons (Fsp3) is 0.367. The van der Waals surface area contributed by atoms with Crippen LogP contribution >= 0.6 is 23.2 Å². The highest BCUT2D eigenvalue weighted by Crippen LogP contribution is 2.54. The largest absolute Gasteiger partial charge is 0.324 e. The predicted molar refractivity (Wildman–Crippen MR) is 147 cm³/mol. The van der Waals surface area contributed by atoms with Crippen molar-refractivity contribution in [2.24, 2.45) is 17.3 Å². The van der Waals surface area contributed by atoms with Gasteiger partial charge in [0.1, 0.15) is 17.1 Å². The maximum absolute atomic E-state index is 15.7. The smallest absolute Gasteiger partial charge is 0.318 e. The standard InChI is InChI=1S/C30H29Cl2F2N3O2/c1-29(2,3)15-19-16-37(28(39)36-27(38)18-8-5-4-6-9-18)26(21-10-7-11-23(32)25(21)34)30(19,17-35)22-13-12-20(31)14-24(22)33/h4-9,11-14,19,21,26H,10,15-16H2,1-3H3,(H,36,38,39)/t19-,21?,26-,30-/m1/s1. The minimum atomic E-state index is -1.67. The number of carbonyl (C=O) groups is 2. The Morgan fingerprint density at radius 3 is 2.46 bits per heavy atom. The van der Waals surface area contributed by atoms with Gasteiger partial charge in [-0.1, -0.05) is 74.3 Å². The quantitative estimate of drug-likeness (QED) is 0.412. The van der Waals surface area contributed by atoms with E-state index < -0.39 is 46.9 Å². The summed E-state index contributed by atoms with van der Waals surface area (Å²) in [6, 6.07) is 12.6. The topological polar surface area (TPSA) is 73.2 Å².